The second-order valence-corrected chi connectivity index (χ2v) is 3.42. The molecule has 1 atom stereocenters. The molecule has 0 saturated carbocycles. The van der Waals surface area contributed by atoms with E-state index >= 15 is 0 Å². The van der Waals surface area contributed by atoms with Crippen molar-refractivity contribution in [2.75, 3.05) is 6.61 Å². The van der Waals surface area contributed by atoms with E-state index in [2.05, 4.69) is 0 Å². The maximum atomic E-state index is 9.44. The molecule has 78 valence electrons. The minimum Gasteiger partial charge on any atom is -0.504 e. The fourth-order valence-corrected chi connectivity index (χ4v) is 1.33. The first-order valence-corrected chi connectivity index (χ1v) is 4.83. The summed E-state index contributed by atoms with van der Waals surface area (Å²) in [5.74, 6) is 0.714. The van der Waals surface area contributed by atoms with E-state index in [9.17, 15) is 5.11 Å². The monoisotopic (exact) mass is 195 g/mol. The molecule has 3 nitrogen and oxygen atoms in total. The van der Waals surface area contributed by atoms with Gasteiger partial charge in [0, 0.05) is 6.04 Å². The van der Waals surface area contributed by atoms with Crippen LogP contribution in [-0.2, 0) is 6.42 Å². The van der Waals surface area contributed by atoms with Crippen LogP contribution in [0.15, 0.2) is 18.2 Å². The van der Waals surface area contributed by atoms with Gasteiger partial charge in [0.1, 0.15) is 0 Å². The largest absolute Gasteiger partial charge is 0.504 e. The number of phenolic OH excluding ortho intramolecular Hbond substituents is 1. The molecule has 0 aliphatic heterocycles. The Morgan fingerprint density at radius 3 is 2.79 bits per heavy atom. The van der Waals surface area contributed by atoms with Crippen molar-refractivity contribution in [3.05, 3.63) is 23.8 Å². The zero-order valence-corrected chi connectivity index (χ0v) is 8.66. The summed E-state index contributed by atoms with van der Waals surface area (Å²) in [6, 6.07) is 5.46. The quantitative estimate of drug-likeness (QED) is 0.768. The summed E-state index contributed by atoms with van der Waals surface area (Å²) < 4.78 is 5.27. The number of phenols is 1. The molecular weight excluding hydrogens is 178 g/mol. The lowest BCUT2D eigenvalue weighted by Gasteiger charge is -2.09. The number of aromatic hydroxyl groups is 1. The standard InChI is InChI=1S/C11H17NO2/c1-3-14-11-7-9(6-8(2)12)4-5-10(11)13/h4-5,7-8,13H,3,6,12H2,1-2H3. The van der Waals surface area contributed by atoms with Crippen LogP contribution in [0, 0.1) is 0 Å². The van der Waals surface area contributed by atoms with Gasteiger partial charge in [-0.2, -0.15) is 0 Å². The van der Waals surface area contributed by atoms with Gasteiger partial charge in [0.25, 0.3) is 0 Å². The van der Waals surface area contributed by atoms with Crippen molar-refractivity contribution in [2.24, 2.45) is 5.73 Å². The predicted molar refractivity (Wildman–Crippen MR) is 56.6 cm³/mol. The molecule has 3 heteroatoms. The molecule has 1 rings (SSSR count). The van der Waals surface area contributed by atoms with E-state index in [0.29, 0.717) is 12.4 Å². The molecule has 1 aromatic rings. The summed E-state index contributed by atoms with van der Waals surface area (Å²) in [5, 5.41) is 9.44. The Morgan fingerprint density at radius 2 is 2.21 bits per heavy atom. The van der Waals surface area contributed by atoms with Gasteiger partial charge in [-0.15, -0.1) is 0 Å². The molecule has 14 heavy (non-hydrogen) atoms. The minimum absolute atomic E-state index is 0.119. The molecule has 0 bridgehead atoms. The maximum absolute atomic E-state index is 9.44. The Morgan fingerprint density at radius 1 is 1.50 bits per heavy atom. The first-order chi connectivity index (χ1) is 6.63. The number of nitrogens with two attached hydrogens (primary N) is 1. The zero-order valence-electron chi connectivity index (χ0n) is 8.66. The van der Waals surface area contributed by atoms with Crippen molar-refractivity contribution in [1.82, 2.24) is 0 Å². The molecule has 0 aromatic heterocycles. The lowest BCUT2D eigenvalue weighted by molar-refractivity contribution is 0.317. The molecule has 0 saturated heterocycles. The summed E-state index contributed by atoms with van der Waals surface area (Å²) in [5.41, 5.74) is 6.77. The van der Waals surface area contributed by atoms with Gasteiger partial charge in [0.05, 0.1) is 6.61 Å². The van der Waals surface area contributed by atoms with E-state index in [0.717, 1.165) is 12.0 Å². The third-order valence-corrected chi connectivity index (χ3v) is 1.88. The Kier molecular flexibility index (Phi) is 3.77. The van der Waals surface area contributed by atoms with Crippen molar-refractivity contribution in [1.29, 1.82) is 0 Å². The lowest BCUT2D eigenvalue weighted by atomic mass is 10.1. The highest BCUT2D eigenvalue weighted by Gasteiger charge is 2.04. The van der Waals surface area contributed by atoms with E-state index in [-0.39, 0.29) is 11.8 Å². The third kappa shape index (κ3) is 2.92. The van der Waals surface area contributed by atoms with E-state index in [1.807, 2.05) is 26.0 Å². The van der Waals surface area contributed by atoms with Crippen LogP contribution in [0.25, 0.3) is 0 Å². The van der Waals surface area contributed by atoms with Gasteiger partial charge in [0.2, 0.25) is 0 Å². The Hall–Kier alpha value is -1.22. The fraction of sp³-hybridized carbons (Fsp3) is 0.455. The van der Waals surface area contributed by atoms with E-state index < -0.39 is 0 Å². The van der Waals surface area contributed by atoms with Crippen LogP contribution >= 0.6 is 0 Å². The number of ether oxygens (including phenoxy) is 1. The smallest absolute Gasteiger partial charge is 0.161 e. The van der Waals surface area contributed by atoms with Crippen LogP contribution in [0.5, 0.6) is 11.5 Å². The van der Waals surface area contributed by atoms with Crippen LogP contribution in [-0.4, -0.2) is 17.8 Å². The number of rotatable bonds is 4. The molecule has 0 radical (unpaired) electrons. The summed E-state index contributed by atoms with van der Waals surface area (Å²) in [4.78, 5) is 0. The Labute approximate surface area is 84.5 Å². The molecule has 0 aliphatic carbocycles. The van der Waals surface area contributed by atoms with Crippen molar-refractivity contribution in [3.63, 3.8) is 0 Å². The molecule has 0 spiro atoms. The van der Waals surface area contributed by atoms with E-state index in [1.165, 1.54) is 0 Å². The average Bonchev–Trinajstić information content (AvgIpc) is 2.10. The molecule has 1 aromatic carbocycles. The first-order valence-electron chi connectivity index (χ1n) is 4.83. The predicted octanol–water partition coefficient (Wildman–Crippen LogP) is 1.68. The van der Waals surface area contributed by atoms with Crippen molar-refractivity contribution < 1.29 is 9.84 Å². The molecule has 3 N–H and O–H groups in total. The normalized spacial score (nSPS) is 12.5. The van der Waals surface area contributed by atoms with Crippen molar-refractivity contribution >= 4 is 0 Å². The van der Waals surface area contributed by atoms with Crippen LogP contribution in [0.2, 0.25) is 0 Å². The summed E-state index contributed by atoms with van der Waals surface area (Å²) in [6.45, 7) is 4.39. The highest BCUT2D eigenvalue weighted by Crippen LogP contribution is 2.27. The molecule has 0 aliphatic rings. The Balaban J connectivity index is 2.83. The second kappa shape index (κ2) is 4.86. The summed E-state index contributed by atoms with van der Waals surface area (Å²) >= 11 is 0. The molecule has 0 heterocycles. The fourth-order valence-electron chi connectivity index (χ4n) is 1.33. The number of hydrogen-bond donors (Lipinski definition) is 2. The van der Waals surface area contributed by atoms with Crippen LogP contribution in [0.1, 0.15) is 19.4 Å². The zero-order chi connectivity index (χ0) is 10.6. The molecule has 0 fully saturated rings. The molecule has 1 unspecified atom stereocenters. The third-order valence-electron chi connectivity index (χ3n) is 1.88. The SMILES string of the molecule is CCOc1cc(CC(C)N)ccc1O. The second-order valence-electron chi connectivity index (χ2n) is 3.42. The van der Waals surface area contributed by atoms with Crippen LogP contribution in [0.4, 0.5) is 0 Å². The lowest BCUT2D eigenvalue weighted by Crippen LogP contribution is -2.17. The average molecular weight is 195 g/mol. The Bertz CT molecular complexity index is 297. The van der Waals surface area contributed by atoms with Gasteiger partial charge >= 0.3 is 0 Å². The first kappa shape index (κ1) is 10.9. The molecule has 0 amide bonds. The van der Waals surface area contributed by atoms with Crippen LogP contribution in [0.3, 0.4) is 0 Å². The highest BCUT2D eigenvalue weighted by atomic mass is 16.5. The van der Waals surface area contributed by atoms with Crippen LogP contribution < -0.4 is 10.5 Å². The van der Waals surface area contributed by atoms with E-state index in [1.54, 1.807) is 6.07 Å². The summed E-state index contributed by atoms with van der Waals surface area (Å²) in [6.07, 6.45) is 0.792. The maximum Gasteiger partial charge on any atom is 0.161 e. The minimum atomic E-state index is 0.119. The van der Waals surface area contributed by atoms with Gasteiger partial charge in [-0.1, -0.05) is 6.07 Å². The molecular formula is C11H17NO2. The number of hydrogen-bond acceptors (Lipinski definition) is 3. The van der Waals surface area contributed by atoms with Gasteiger partial charge in [-0.05, 0) is 38.0 Å². The van der Waals surface area contributed by atoms with E-state index in [4.69, 9.17) is 10.5 Å². The topological polar surface area (TPSA) is 55.5 Å². The van der Waals surface area contributed by atoms with Gasteiger partial charge in [-0.25, -0.2) is 0 Å². The number of benzene rings is 1. The van der Waals surface area contributed by atoms with Crippen molar-refractivity contribution in [2.45, 2.75) is 26.3 Å². The summed E-state index contributed by atoms with van der Waals surface area (Å²) in [7, 11) is 0. The highest BCUT2D eigenvalue weighted by molar-refractivity contribution is 5.42. The van der Waals surface area contributed by atoms with Gasteiger partial charge in [-0.3, -0.25) is 0 Å². The van der Waals surface area contributed by atoms with Gasteiger partial charge in [0.15, 0.2) is 11.5 Å². The van der Waals surface area contributed by atoms with Crippen molar-refractivity contribution in [3.8, 4) is 11.5 Å². The van der Waals surface area contributed by atoms with Gasteiger partial charge < -0.3 is 15.6 Å².